The number of carbonyl (C=O) groups is 1. The monoisotopic (exact) mass is 456 g/mol. The van der Waals surface area contributed by atoms with Crippen molar-refractivity contribution in [3.63, 3.8) is 0 Å². The molecule has 34 heavy (non-hydrogen) atoms. The lowest BCUT2D eigenvalue weighted by molar-refractivity contribution is 0.0909. The van der Waals surface area contributed by atoms with E-state index in [1.165, 1.54) is 0 Å². The van der Waals surface area contributed by atoms with Gasteiger partial charge in [-0.05, 0) is 36.8 Å². The quantitative estimate of drug-likeness (QED) is 0.350. The molecule has 0 fully saturated rings. The molecule has 0 spiro atoms. The Morgan fingerprint density at radius 3 is 2.71 bits per heavy atom. The van der Waals surface area contributed by atoms with Crippen molar-refractivity contribution in [3.8, 4) is 6.07 Å². The van der Waals surface area contributed by atoms with Crippen LogP contribution in [-0.2, 0) is 17.7 Å². The molecule has 1 amide bonds. The number of nitriles is 1. The van der Waals surface area contributed by atoms with Crippen LogP contribution >= 0.6 is 0 Å². The lowest BCUT2D eigenvalue weighted by Crippen LogP contribution is -2.27. The first-order valence-corrected chi connectivity index (χ1v) is 11.5. The number of fused-ring (bicyclic) bond motifs is 3. The van der Waals surface area contributed by atoms with E-state index in [4.69, 9.17) is 20.7 Å². The SMILES string of the molecule is CCCCc1nc2c(N)nc3ccccc3c2n1CCOCCNC(=O)c1ccc(C#N)cc1. The molecule has 8 heteroatoms. The number of anilines is 1. The fourth-order valence-electron chi connectivity index (χ4n) is 3.96. The minimum Gasteiger partial charge on any atom is -0.382 e. The minimum absolute atomic E-state index is 0.190. The van der Waals surface area contributed by atoms with Crippen molar-refractivity contribution in [1.29, 1.82) is 5.26 Å². The fraction of sp³-hybridized carbons (Fsp3) is 0.308. The van der Waals surface area contributed by atoms with E-state index in [0.29, 0.717) is 43.2 Å². The molecule has 4 rings (SSSR count). The van der Waals surface area contributed by atoms with Gasteiger partial charge in [0.1, 0.15) is 11.3 Å². The third kappa shape index (κ3) is 5.00. The first-order valence-electron chi connectivity index (χ1n) is 11.5. The highest BCUT2D eigenvalue weighted by Crippen LogP contribution is 2.29. The molecule has 0 saturated heterocycles. The molecule has 0 bridgehead atoms. The molecule has 3 N–H and O–H groups in total. The number of unbranched alkanes of at least 4 members (excludes halogenated alkanes) is 1. The van der Waals surface area contributed by atoms with Gasteiger partial charge in [-0.25, -0.2) is 9.97 Å². The Hall–Kier alpha value is -3.96. The van der Waals surface area contributed by atoms with Crippen LogP contribution in [0, 0.1) is 11.3 Å². The number of nitrogens with two attached hydrogens (primary N) is 1. The zero-order chi connectivity index (χ0) is 23.9. The van der Waals surface area contributed by atoms with E-state index in [9.17, 15) is 4.79 Å². The molecule has 0 unspecified atom stereocenters. The third-order valence-corrected chi connectivity index (χ3v) is 5.71. The predicted molar refractivity (Wildman–Crippen MR) is 132 cm³/mol. The molecule has 4 aromatic rings. The maximum absolute atomic E-state index is 12.2. The van der Waals surface area contributed by atoms with E-state index in [1.54, 1.807) is 24.3 Å². The average Bonchev–Trinajstić information content (AvgIpc) is 3.24. The summed E-state index contributed by atoms with van der Waals surface area (Å²) in [5.74, 6) is 1.24. The van der Waals surface area contributed by atoms with Crippen LogP contribution < -0.4 is 11.1 Å². The van der Waals surface area contributed by atoms with Gasteiger partial charge in [-0.2, -0.15) is 5.26 Å². The second kappa shape index (κ2) is 10.8. The maximum Gasteiger partial charge on any atom is 0.251 e. The van der Waals surface area contributed by atoms with Crippen molar-refractivity contribution in [3.05, 3.63) is 65.5 Å². The summed E-state index contributed by atoms with van der Waals surface area (Å²) in [4.78, 5) is 21.6. The van der Waals surface area contributed by atoms with Crippen molar-refractivity contribution < 1.29 is 9.53 Å². The number of rotatable bonds is 10. The molecular weight excluding hydrogens is 428 g/mol. The van der Waals surface area contributed by atoms with Gasteiger partial charge in [0.05, 0.1) is 35.9 Å². The van der Waals surface area contributed by atoms with Crippen LogP contribution in [-0.4, -0.2) is 40.2 Å². The van der Waals surface area contributed by atoms with E-state index < -0.39 is 0 Å². The number of pyridine rings is 1. The van der Waals surface area contributed by atoms with Gasteiger partial charge in [-0.15, -0.1) is 0 Å². The second-order valence-electron chi connectivity index (χ2n) is 8.05. The van der Waals surface area contributed by atoms with Crippen molar-refractivity contribution in [2.75, 3.05) is 25.5 Å². The number of aryl methyl sites for hydroxylation is 1. The Balaban J connectivity index is 1.40. The predicted octanol–water partition coefficient (Wildman–Crippen LogP) is 3.83. The molecule has 2 aromatic heterocycles. The number of hydrogen-bond donors (Lipinski definition) is 2. The van der Waals surface area contributed by atoms with E-state index >= 15 is 0 Å². The largest absolute Gasteiger partial charge is 0.382 e. The molecule has 8 nitrogen and oxygen atoms in total. The molecule has 2 heterocycles. The number of aromatic nitrogens is 3. The number of para-hydroxylation sites is 1. The zero-order valence-electron chi connectivity index (χ0n) is 19.3. The van der Waals surface area contributed by atoms with Crippen molar-refractivity contribution in [2.45, 2.75) is 32.7 Å². The number of nitrogens with zero attached hydrogens (tertiary/aromatic N) is 4. The number of amides is 1. The third-order valence-electron chi connectivity index (χ3n) is 5.71. The number of nitrogens with one attached hydrogen (secondary N) is 1. The smallest absolute Gasteiger partial charge is 0.251 e. The van der Waals surface area contributed by atoms with E-state index in [1.807, 2.05) is 30.3 Å². The van der Waals surface area contributed by atoms with E-state index in [2.05, 4.69) is 21.8 Å². The number of carbonyl (C=O) groups excluding carboxylic acids is 1. The summed E-state index contributed by atoms with van der Waals surface area (Å²) in [5, 5.41) is 12.7. The van der Waals surface area contributed by atoms with Gasteiger partial charge in [0.2, 0.25) is 0 Å². The summed E-state index contributed by atoms with van der Waals surface area (Å²) in [5.41, 5.74) is 9.86. The molecule has 0 aliphatic heterocycles. The van der Waals surface area contributed by atoms with Gasteiger partial charge in [0.25, 0.3) is 5.91 Å². The van der Waals surface area contributed by atoms with Gasteiger partial charge in [0.15, 0.2) is 5.82 Å². The number of nitrogen functional groups attached to an aromatic ring is 1. The highest BCUT2D eigenvalue weighted by Gasteiger charge is 2.17. The summed E-state index contributed by atoms with van der Waals surface area (Å²) in [6.45, 7) is 4.06. The lowest BCUT2D eigenvalue weighted by atomic mass is 10.1. The van der Waals surface area contributed by atoms with Crippen molar-refractivity contribution >= 4 is 33.7 Å². The average molecular weight is 457 g/mol. The van der Waals surface area contributed by atoms with Crippen molar-refractivity contribution in [2.24, 2.45) is 0 Å². The van der Waals surface area contributed by atoms with Crippen LogP contribution in [0.15, 0.2) is 48.5 Å². The first kappa shape index (κ1) is 23.2. The standard InChI is InChI=1S/C26H28N6O2/c1-2-3-8-22-31-23-24(20-6-4-5-7-21(20)30-25(23)28)32(22)14-16-34-15-13-29-26(33)19-11-9-18(17-27)10-12-19/h4-7,9-12H,2-3,8,13-16H2,1H3,(H2,28,30)(H,29,33). The Labute approximate surface area is 198 Å². The van der Waals surface area contributed by atoms with Crippen molar-refractivity contribution in [1.82, 2.24) is 19.9 Å². The van der Waals surface area contributed by atoms with Crippen LogP contribution in [0.1, 0.15) is 41.5 Å². The Kier molecular flexibility index (Phi) is 7.35. The molecule has 0 radical (unpaired) electrons. The Morgan fingerprint density at radius 1 is 1.15 bits per heavy atom. The van der Waals surface area contributed by atoms with Crippen LogP contribution in [0.25, 0.3) is 21.9 Å². The summed E-state index contributed by atoms with van der Waals surface area (Å²) in [6, 6.07) is 16.5. The molecule has 174 valence electrons. The van der Waals surface area contributed by atoms with Gasteiger partial charge in [0, 0.05) is 30.5 Å². The second-order valence-corrected chi connectivity index (χ2v) is 8.05. The summed E-state index contributed by atoms with van der Waals surface area (Å²) >= 11 is 0. The summed E-state index contributed by atoms with van der Waals surface area (Å²) in [7, 11) is 0. The molecular formula is C26H28N6O2. The molecule has 0 aliphatic rings. The maximum atomic E-state index is 12.2. The fourth-order valence-corrected chi connectivity index (χ4v) is 3.96. The molecule has 0 saturated carbocycles. The molecule has 2 aromatic carbocycles. The van der Waals surface area contributed by atoms with Gasteiger partial charge in [-0.1, -0.05) is 31.5 Å². The van der Waals surface area contributed by atoms with Gasteiger partial charge < -0.3 is 20.4 Å². The first-order chi connectivity index (χ1) is 16.6. The van der Waals surface area contributed by atoms with Crippen LogP contribution in [0.4, 0.5) is 5.82 Å². The topological polar surface area (TPSA) is 119 Å². The number of benzene rings is 2. The Bertz CT molecular complexity index is 1340. The highest BCUT2D eigenvalue weighted by atomic mass is 16.5. The number of ether oxygens (including phenoxy) is 1. The van der Waals surface area contributed by atoms with Crippen LogP contribution in [0.5, 0.6) is 0 Å². The Morgan fingerprint density at radius 2 is 1.94 bits per heavy atom. The molecule has 0 aliphatic carbocycles. The summed E-state index contributed by atoms with van der Waals surface area (Å²) < 4.78 is 8.02. The van der Waals surface area contributed by atoms with E-state index in [0.717, 1.165) is 47.0 Å². The van der Waals surface area contributed by atoms with Crippen LogP contribution in [0.3, 0.4) is 0 Å². The van der Waals surface area contributed by atoms with Gasteiger partial charge in [-0.3, -0.25) is 4.79 Å². The molecule has 0 atom stereocenters. The number of imidazole rings is 1. The number of hydrogen-bond acceptors (Lipinski definition) is 6. The van der Waals surface area contributed by atoms with Gasteiger partial charge >= 0.3 is 0 Å². The van der Waals surface area contributed by atoms with Crippen LogP contribution in [0.2, 0.25) is 0 Å². The minimum atomic E-state index is -0.190. The highest BCUT2D eigenvalue weighted by molar-refractivity contribution is 6.06. The van der Waals surface area contributed by atoms with E-state index in [-0.39, 0.29) is 5.91 Å². The lowest BCUT2D eigenvalue weighted by Gasteiger charge is -2.12. The summed E-state index contributed by atoms with van der Waals surface area (Å²) in [6.07, 6.45) is 2.98. The normalized spacial score (nSPS) is 11.1. The zero-order valence-corrected chi connectivity index (χ0v) is 19.3.